The largest absolute Gasteiger partial charge is 0.471 e. The van der Waals surface area contributed by atoms with E-state index >= 15 is 0 Å². The predicted molar refractivity (Wildman–Crippen MR) is 122 cm³/mol. The normalized spacial score (nSPS) is 20.0. The Morgan fingerprint density at radius 2 is 1.60 bits per heavy atom. The molecule has 1 saturated heterocycles. The molecule has 1 aliphatic carbocycles. The first-order valence-corrected chi connectivity index (χ1v) is 11.7. The number of nitrogens with zero attached hydrogens (tertiary/aromatic N) is 3. The third-order valence-corrected chi connectivity index (χ3v) is 6.24. The maximum absolute atomic E-state index is 13.8. The van der Waals surface area contributed by atoms with Crippen molar-refractivity contribution in [2.45, 2.75) is 70.2 Å². The van der Waals surface area contributed by atoms with E-state index in [1.165, 1.54) is 12.1 Å². The average molecular weight is 506 g/mol. The number of carbonyl (C=O) groups is 2. The number of benzene rings is 1. The summed E-state index contributed by atoms with van der Waals surface area (Å²) in [5.41, 5.74) is -0.876. The van der Waals surface area contributed by atoms with Crippen molar-refractivity contribution < 1.29 is 36.3 Å². The third-order valence-electron chi connectivity index (χ3n) is 6.24. The van der Waals surface area contributed by atoms with Crippen LogP contribution >= 0.6 is 0 Å². The molecule has 0 bridgehead atoms. The van der Waals surface area contributed by atoms with Crippen LogP contribution in [0.4, 0.5) is 33.3 Å². The molecule has 0 radical (unpaired) electrons. The molecule has 1 saturated carbocycles. The van der Waals surface area contributed by atoms with E-state index in [9.17, 15) is 31.5 Å². The van der Waals surface area contributed by atoms with Crippen LogP contribution in [0.25, 0.3) is 0 Å². The van der Waals surface area contributed by atoms with E-state index in [1.54, 1.807) is 26.8 Å². The van der Waals surface area contributed by atoms with Gasteiger partial charge in [0.15, 0.2) is 0 Å². The summed E-state index contributed by atoms with van der Waals surface area (Å²) >= 11 is 0. The van der Waals surface area contributed by atoms with E-state index in [4.69, 9.17) is 4.74 Å². The standard InChI is InChI=1S/C24H32F5N3O3/c1-22(2,3)35-20(33)18-6-5-17(31-13-11-30(4)12-14-31)15-19(18)32(21(34)24(27,28)29)16-7-9-23(25,26)10-8-16/h5-6,15-16H,7-14H2,1-4H3. The molecule has 0 atom stereocenters. The zero-order chi connectivity index (χ0) is 26.2. The SMILES string of the molecule is CN1CCN(c2ccc(C(=O)OC(C)(C)C)c(N(C(=O)C(F)(F)F)C3CCC(F)(F)CC3)c2)CC1. The van der Waals surface area contributed by atoms with Gasteiger partial charge in [-0.05, 0) is 58.9 Å². The smallest absolute Gasteiger partial charge is 0.456 e. The molecule has 1 heterocycles. The first kappa shape index (κ1) is 27.2. The van der Waals surface area contributed by atoms with Crippen LogP contribution in [-0.2, 0) is 9.53 Å². The molecule has 0 aromatic heterocycles. The van der Waals surface area contributed by atoms with Crippen LogP contribution in [0, 0.1) is 0 Å². The fourth-order valence-electron chi connectivity index (χ4n) is 4.38. The highest BCUT2D eigenvalue weighted by molar-refractivity contribution is 6.05. The second-order valence-electron chi connectivity index (χ2n) is 10.3. The molecule has 1 aliphatic heterocycles. The van der Waals surface area contributed by atoms with Gasteiger partial charge in [0.1, 0.15) is 5.60 Å². The zero-order valence-corrected chi connectivity index (χ0v) is 20.4. The Bertz CT molecular complexity index is 927. The summed E-state index contributed by atoms with van der Waals surface area (Å²) in [7, 11) is 1.96. The van der Waals surface area contributed by atoms with Crippen molar-refractivity contribution in [2.75, 3.05) is 43.0 Å². The van der Waals surface area contributed by atoms with Crippen LogP contribution in [-0.4, -0.2) is 73.7 Å². The van der Waals surface area contributed by atoms with Gasteiger partial charge in [-0.25, -0.2) is 13.6 Å². The number of likely N-dealkylation sites (N-methyl/N-ethyl adjacent to an activating group) is 1. The number of hydrogen-bond acceptors (Lipinski definition) is 5. The van der Waals surface area contributed by atoms with Gasteiger partial charge in [0.05, 0.1) is 11.3 Å². The van der Waals surface area contributed by atoms with Gasteiger partial charge in [-0.3, -0.25) is 4.79 Å². The van der Waals surface area contributed by atoms with Crippen molar-refractivity contribution in [1.82, 2.24) is 4.90 Å². The number of esters is 1. The second-order valence-corrected chi connectivity index (χ2v) is 10.3. The molecule has 11 heteroatoms. The lowest BCUT2D eigenvalue weighted by Gasteiger charge is -2.39. The summed E-state index contributed by atoms with van der Waals surface area (Å²) in [4.78, 5) is 30.2. The van der Waals surface area contributed by atoms with Gasteiger partial charge in [0.25, 0.3) is 0 Å². The highest BCUT2D eigenvalue weighted by atomic mass is 19.4. The lowest BCUT2D eigenvalue weighted by molar-refractivity contribution is -0.171. The van der Waals surface area contributed by atoms with Crippen LogP contribution in [0.2, 0.25) is 0 Å². The molecule has 3 rings (SSSR count). The van der Waals surface area contributed by atoms with Gasteiger partial charge in [-0.1, -0.05) is 0 Å². The van der Waals surface area contributed by atoms with Crippen molar-refractivity contribution in [1.29, 1.82) is 0 Å². The minimum Gasteiger partial charge on any atom is -0.456 e. The summed E-state index contributed by atoms with van der Waals surface area (Å²) in [6, 6.07) is 3.21. The molecule has 1 aromatic carbocycles. The van der Waals surface area contributed by atoms with E-state index in [0.717, 1.165) is 13.1 Å². The summed E-state index contributed by atoms with van der Waals surface area (Å²) in [5, 5.41) is 0. The van der Waals surface area contributed by atoms with E-state index in [2.05, 4.69) is 4.90 Å². The Labute approximate surface area is 202 Å². The minimum atomic E-state index is -5.25. The van der Waals surface area contributed by atoms with Crippen LogP contribution in [0.5, 0.6) is 0 Å². The molecule has 0 spiro atoms. The summed E-state index contributed by atoms with van der Waals surface area (Å²) in [6.07, 6.45) is -7.17. The van der Waals surface area contributed by atoms with Crippen molar-refractivity contribution in [2.24, 2.45) is 0 Å². The van der Waals surface area contributed by atoms with Crippen LogP contribution < -0.4 is 9.80 Å². The molecule has 6 nitrogen and oxygen atoms in total. The van der Waals surface area contributed by atoms with Gasteiger partial charge in [0, 0.05) is 50.7 Å². The van der Waals surface area contributed by atoms with Gasteiger partial charge >= 0.3 is 18.1 Å². The number of carbonyl (C=O) groups excluding carboxylic acids is 2. The van der Waals surface area contributed by atoms with Gasteiger partial charge in [-0.15, -0.1) is 0 Å². The second kappa shape index (κ2) is 9.91. The maximum Gasteiger partial charge on any atom is 0.471 e. The predicted octanol–water partition coefficient (Wildman–Crippen LogP) is 4.87. The Morgan fingerprint density at radius 1 is 1.03 bits per heavy atom. The Kier molecular flexibility index (Phi) is 7.69. The number of halogens is 5. The fourth-order valence-corrected chi connectivity index (χ4v) is 4.38. The Balaban J connectivity index is 2.10. The zero-order valence-electron chi connectivity index (χ0n) is 20.4. The molecular weight excluding hydrogens is 473 g/mol. The van der Waals surface area contributed by atoms with E-state index in [-0.39, 0.29) is 24.1 Å². The highest BCUT2D eigenvalue weighted by Gasteiger charge is 2.48. The topological polar surface area (TPSA) is 53.1 Å². The van der Waals surface area contributed by atoms with E-state index in [0.29, 0.717) is 23.7 Å². The van der Waals surface area contributed by atoms with Crippen molar-refractivity contribution in [3.05, 3.63) is 23.8 Å². The number of rotatable bonds is 4. The van der Waals surface area contributed by atoms with Crippen molar-refractivity contribution >= 4 is 23.3 Å². The first-order chi connectivity index (χ1) is 16.1. The fraction of sp³-hybridized carbons (Fsp3) is 0.667. The monoisotopic (exact) mass is 505 g/mol. The Morgan fingerprint density at radius 3 is 2.11 bits per heavy atom. The molecule has 0 unspecified atom stereocenters. The van der Waals surface area contributed by atoms with Crippen LogP contribution in [0.1, 0.15) is 56.8 Å². The van der Waals surface area contributed by atoms with Crippen LogP contribution in [0.3, 0.4) is 0 Å². The number of piperazine rings is 1. The van der Waals surface area contributed by atoms with Crippen LogP contribution in [0.15, 0.2) is 18.2 Å². The molecular formula is C24H32F5N3O3. The molecule has 0 N–H and O–H groups in total. The quantitative estimate of drug-likeness (QED) is 0.432. The molecule has 196 valence electrons. The number of anilines is 2. The molecule has 2 aliphatic rings. The molecule has 1 amide bonds. The van der Waals surface area contributed by atoms with E-state index in [1.807, 2.05) is 11.9 Å². The number of alkyl halides is 5. The molecule has 35 heavy (non-hydrogen) atoms. The van der Waals surface area contributed by atoms with Gasteiger partial charge in [0.2, 0.25) is 5.92 Å². The number of ether oxygens (including phenoxy) is 1. The number of hydrogen-bond donors (Lipinski definition) is 0. The van der Waals surface area contributed by atoms with Crippen molar-refractivity contribution in [3.8, 4) is 0 Å². The summed E-state index contributed by atoms with van der Waals surface area (Å²) in [6.45, 7) is 7.51. The Hall–Kier alpha value is -2.43. The van der Waals surface area contributed by atoms with E-state index < -0.39 is 48.5 Å². The lowest BCUT2D eigenvalue weighted by atomic mass is 9.90. The average Bonchev–Trinajstić information content (AvgIpc) is 2.73. The summed E-state index contributed by atoms with van der Waals surface area (Å²) < 4.78 is 74.2. The first-order valence-electron chi connectivity index (χ1n) is 11.7. The lowest BCUT2D eigenvalue weighted by Crippen LogP contribution is -2.50. The third kappa shape index (κ3) is 6.83. The van der Waals surface area contributed by atoms with Gasteiger partial charge in [-0.2, -0.15) is 13.2 Å². The highest BCUT2D eigenvalue weighted by Crippen LogP contribution is 2.40. The number of amides is 1. The van der Waals surface area contributed by atoms with Crippen molar-refractivity contribution in [3.63, 3.8) is 0 Å². The molecule has 1 aromatic rings. The summed E-state index contributed by atoms with van der Waals surface area (Å²) in [5.74, 6) is -6.08. The molecule has 2 fully saturated rings. The minimum absolute atomic E-state index is 0.215. The van der Waals surface area contributed by atoms with Gasteiger partial charge < -0.3 is 19.4 Å². The maximum atomic E-state index is 13.8.